The van der Waals surface area contributed by atoms with E-state index in [1.165, 1.54) is 30.4 Å². The number of anilines is 1. The second kappa shape index (κ2) is 32.8. The predicted molar refractivity (Wildman–Crippen MR) is 371 cm³/mol. The first kappa shape index (κ1) is 72.8. The second-order valence-corrected chi connectivity index (χ2v) is 29.7. The van der Waals surface area contributed by atoms with Gasteiger partial charge in [0.05, 0.1) is 48.1 Å². The number of thiazole rings is 6. The Kier molecular flexibility index (Phi) is 24.2. The highest BCUT2D eigenvalue weighted by Gasteiger charge is 2.42. The highest BCUT2D eigenvalue weighted by atomic mass is 32.1. The summed E-state index contributed by atoms with van der Waals surface area (Å²) in [5.74, 6) is -6.79. The number of carboxylic acids is 3. The molecule has 6 amide bonds. The molecule has 0 spiro atoms. The molecule has 8 heterocycles. The highest BCUT2D eigenvalue weighted by Crippen LogP contribution is 2.43. The van der Waals surface area contributed by atoms with E-state index < -0.39 is 95.8 Å². The second-order valence-electron chi connectivity index (χ2n) is 23.9. The zero-order chi connectivity index (χ0) is 70.7. The third kappa shape index (κ3) is 17.9. The number of amides is 6. The first-order chi connectivity index (χ1) is 47.5. The lowest BCUT2D eigenvalue weighted by molar-refractivity contribution is -0.145. The number of carbonyl (C=O) groups is 9. The van der Waals surface area contributed by atoms with Gasteiger partial charge in [-0.15, -0.1) is 68.0 Å². The average Bonchev–Trinajstić information content (AvgIpc) is 1.74. The number of aromatic nitrogens is 7. The van der Waals surface area contributed by atoms with Gasteiger partial charge in [0.25, 0.3) is 17.7 Å². The molecule has 10 rings (SSSR count). The molecule has 9 N–H and O–H groups in total. The third-order valence-corrected chi connectivity index (χ3v) is 22.3. The van der Waals surface area contributed by atoms with Crippen molar-refractivity contribution in [3.8, 4) is 43.4 Å². The summed E-state index contributed by atoms with van der Waals surface area (Å²) in [7, 11) is 2.91. The number of nitrogens with zero attached hydrogens (tertiary/aromatic N) is 8. The van der Waals surface area contributed by atoms with E-state index in [-0.39, 0.29) is 117 Å². The number of hydrogen-bond donors (Lipinski definition) is 9. The third-order valence-electron chi connectivity index (χ3n) is 16.6. The Balaban J connectivity index is 1.04. The first-order valence-electron chi connectivity index (χ1n) is 31.6. The normalized spacial score (nSPS) is 18.7. The van der Waals surface area contributed by atoms with Crippen LogP contribution < -0.4 is 31.5 Å². The monoisotopic (exact) mass is 1470 g/mol. The fourth-order valence-electron chi connectivity index (χ4n) is 11.3. The molecule has 522 valence electrons. The topological polar surface area (TPSA) is 407 Å². The van der Waals surface area contributed by atoms with Gasteiger partial charge < -0.3 is 56.5 Å². The zero-order valence-corrected chi connectivity index (χ0v) is 59.1. The quantitative estimate of drug-likeness (QED) is 0.0302. The molecule has 1 unspecified atom stereocenters. The van der Waals surface area contributed by atoms with Gasteiger partial charge in [-0.25, -0.2) is 39.7 Å². The summed E-state index contributed by atoms with van der Waals surface area (Å²) >= 11 is 6.90. The van der Waals surface area contributed by atoms with Crippen molar-refractivity contribution in [1.82, 2.24) is 61.5 Å². The van der Waals surface area contributed by atoms with Crippen molar-refractivity contribution in [3.63, 3.8) is 0 Å². The molecule has 2 aliphatic rings. The standard InChI is InChI=1S/C65H71N13O15S6/c1-32(2)48-62-77-51(42(99-62)27-92-5)55(87)67-26-45(80)74-52(53(85)34-13-7-6-8-14-34)61-72-41(30-96-61)59-70-39(28-95-59)50-36(57-71-40(29-94-57)54(86)69-38(25-44(79)66-4)60-76-49(33(3)98-60)56(88)75-48)17-18-37(68-50)58-73-43(31-97-58)78(24-12-10-16-47(83)84)64(91)93-65(21-11-9-15-46(81)82)22-19-35(20-23-65)63(89)90/h6-8,13-14,17-18,28-32,35,38,48,52-53,85H,9-12,15-16,19-27H2,1-5H3,(H,66,79)(H,67,87)(H,69,86)(H,74,80)(H,75,88)(H,81,82)(H,83,84)(H,89,90)/t35-,38-,48?,52-,53-,65-/m0/s1. The number of aliphatic hydroxyl groups is 1. The van der Waals surface area contributed by atoms with Crippen LogP contribution in [-0.2, 0) is 40.1 Å². The number of aryl methyl sites for hydroxylation is 1. The molecular weight excluding hydrogens is 1400 g/mol. The minimum Gasteiger partial charge on any atom is -0.481 e. The van der Waals surface area contributed by atoms with Crippen LogP contribution in [0.15, 0.2) is 64.0 Å². The minimum atomic E-state index is -1.33. The molecule has 28 nitrogen and oxygen atoms in total. The number of aliphatic hydroxyl groups excluding tert-OH is 1. The van der Waals surface area contributed by atoms with Gasteiger partial charge in [0.1, 0.15) is 87.8 Å². The molecule has 1 saturated carbocycles. The number of nitrogens with one attached hydrogen (secondary N) is 5. The predicted octanol–water partition coefficient (Wildman–Crippen LogP) is 10.2. The molecule has 1 aromatic carbocycles. The molecule has 0 saturated heterocycles. The number of hydrogen-bond acceptors (Lipinski definition) is 25. The summed E-state index contributed by atoms with van der Waals surface area (Å²) < 4.78 is 11.8. The summed E-state index contributed by atoms with van der Waals surface area (Å²) in [5.41, 5.74) is 1.03. The smallest absolute Gasteiger partial charge is 0.416 e. The summed E-state index contributed by atoms with van der Waals surface area (Å²) in [4.78, 5) is 156. The van der Waals surface area contributed by atoms with Gasteiger partial charge in [0.15, 0.2) is 0 Å². The Labute approximate surface area is 591 Å². The van der Waals surface area contributed by atoms with Crippen molar-refractivity contribution in [2.75, 3.05) is 32.1 Å². The van der Waals surface area contributed by atoms with Crippen molar-refractivity contribution in [1.29, 1.82) is 0 Å². The maximum Gasteiger partial charge on any atom is 0.416 e. The van der Waals surface area contributed by atoms with Gasteiger partial charge >= 0.3 is 24.0 Å². The van der Waals surface area contributed by atoms with Crippen LogP contribution in [0.1, 0.15) is 177 Å². The van der Waals surface area contributed by atoms with Crippen LogP contribution in [0.25, 0.3) is 43.4 Å². The molecule has 1 aliphatic carbocycles. The summed E-state index contributed by atoms with van der Waals surface area (Å²) in [5, 5.41) is 63.4. The minimum absolute atomic E-state index is 0.00586. The summed E-state index contributed by atoms with van der Waals surface area (Å²) in [6.07, 6.45) is -0.304. The van der Waals surface area contributed by atoms with E-state index in [9.17, 15) is 63.6 Å². The Morgan fingerprint density at radius 1 is 0.677 bits per heavy atom. The fraction of sp³-hybridized carbons (Fsp3) is 0.415. The number of carbonyl (C=O) groups excluding carboxylic acids is 6. The number of ether oxygens (including phenoxy) is 2. The Bertz CT molecular complexity index is 4270. The van der Waals surface area contributed by atoms with Crippen LogP contribution in [0.4, 0.5) is 10.6 Å². The number of aliphatic carboxylic acids is 3. The van der Waals surface area contributed by atoms with Crippen LogP contribution in [0.5, 0.6) is 0 Å². The number of methoxy groups -OCH3 is 1. The van der Waals surface area contributed by atoms with Gasteiger partial charge in [0, 0.05) is 65.5 Å². The van der Waals surface area contributed by atoms with Gasteiger partial charge in [0.2, 0.25) is 11.8 Å². The molecule has 8 aromatic rings. The molecule has 4 atom stereocenters. The van der Waals surface area contributed by atoms with E-state index in [0.717, 1.165) is 56.7 Å². The van der Waals surface area contributed by atoms with Crippen LogP contribution in [0, 0.1) is 18.8 Å². The van der Waals surface area contributed by atoms with Crippen molar-refractivity contribution < 1.29 is 73.1 Å². The maximum atomic E-state index is 14.6. The number of pyridine rings is 1. The lowest BCUT2D eigenvalue weighted by Gasteiger charge is -2.40. The maximum absolute atomic E-state index is 14.6. The highest BCUT2D eigenvalue weighted by molar-refractivity contribution is 7.15. The van der Waals surface area contributed by atoms with Gasteiger partial charge in [-0.2, -0.15) is 0 Å². The Morgan fingerprint density at radius 2 is 1.35 bits per heavy atom. The van der Waals surface area contributed by atoms with E-state index in [1.54, 1.807) is 70.9 Å². The fourth-order valence-corrected chi connectivity index (χ4v) is 16.9. The molecular formula is C65H71N13O15S6. The molecule has 1 fully saturated rings. The molecule has 10 bridgehead atoms. The van der Waals surface area contributed by atoms with Crippen LogP contribution >= 0.6 is 68.0 Å². The van der Waals surface area contributed by atoms with Crippen LogP contribution in [-0.4, -0.2) is 142 Å². The van der Waals surface area contributed by atoms with Crippen molar-refractivity contribution in [3.05, 3.63) is 111 Å². The van der Waals surface area contributed by atoms with Crippen molar-refractivity contribution >= 4 is 127 Å². The van der Waals surface area contributed by atoms with E-state index >= 15 is 0 Å². The largest absolute Gasteiger partial charge is 0.481 e. The Hall–Kier alpha value is -8.90. The summed E-state index contributed by atoms with van der Waals surface area (Å²) in [6, 6.07) is 9.14. The number of benzene rings is 1. The Morgan fingerprint density at radius 3 is 2.06 bits per heavy atom. The summed E-state index contributed by atoms with van der Waals surface area (Å²) in [6.45, 7) is 4.84. The number of fused-ring (bicyclic) bond motifs is 14. The lowest BCUT2D eigenvalue weighted by Crippen LogP contribution is -2.45. The first-order valence-corrected chi connectivity index (χ1v) is 36.8. The number of carboxylic acid groups (broad SMARTS) is 3. The SMILES string of the molecule is CNC(=O)C[C@@H]1NC(=O)c2csc(n2)-c2ccc(-c3nc(N(CCCCC(=O)O)C(=O)O[C@]4(CCCCC(=O)O)CC[C@@H](C(=O)O)CC4)cs3)nc2-c2csc(n2)-c2csc(n2)[C@H]([C@@H](O)c2ccccc2)NC(=O)CNC(=O)c2nc(sc2COC)C(C(C)C)NC(=O)c2nc1sc2C. The van der Waals surface area contributed by atoms with Crippen molar-refractivity contribution in [2.45, 2.75) is 134 Å². The molecule has 0 radical (unpaired) electrons. The van der Waals surface area contributed by atoms with E-state index in [0.29, 0.717) is 75.8 Å². The van der Waals surface area contributed by atoms with Gasteiger partial charge in [-0.05, 0) is 88.3 Å². The van der Waals surface area contributed by atoms with Crippen LogP contribution in [0.3, 0.4) is 0 Å². The van der Waals surface area contributed by atoms with E-state index in [4.69, 9.17) is 44.4 Å². The molecule has 34 heteroatoms. The van der Waals surface area contributed by atoms with Gasteiger partial charge in [-0.1, -0.05) is 44.2 Å². The lowest BCUT2D eigenvalue weighted by atomic mass is 9.76. The number of rotatable bonds is 21. The van der Waals surface area contributed by atoms with Gasteiger partial charge in [-0.3, -0.25) is 43.3 Å². The zero-order valence-electron chi connectivity index (χ0n) is 54.2. The average molecular weight is 1470 g/mol. The van der Waals surface area contributed by atoms with E-state index in [2.05, 4.69) is 26.6 Å². The van der Waals surface area contributed by atoms with Crippen molar-refractivity contribution in [2.24, 2.45) is 11.8 Å². The number of unbranched alkanes of at least 4 members (excludes halogenated alkanes) is 2. The molecule has 7 aromatic heterocycles. The van der Waals surface area contributed by atoms with Crippen LogP contribution in [0.2, 0.25) is 0 Å². The van der Waals surface area contributed by atoms with E-state index in [1.807, 2.05) is 13.8 Å². The molecule has 99 heavy (non-hydrogen) atoms. The molecule has 1 aliphatic heterocycles.